The fourth-order valence-electron chi connectivity index (χ4n) is 3.74. The molecule has 0 aromatic heterocycles. The number of nitrogens with one attached hydrogen (secondary N) is 1. The molecule has 0 aliphatic carbocycles. The van der Waals surface area contributed by atoms with Crippen molar-refractivity contribution in [3.63, 3.8) is 0 Å². The molecule has 5 nitrogen and oxygen atoms in total. The molecule has 0 bridgehead atoms. The molecule has 0 heterocycles. The largest absolute Gasteiger partial charge is 0.573 e. The molecule has 38 heavy (non-hydrogen) atoms. The molecule has 0 radical (unpaired) electrons. The minimum absolute atomic E-state index is 0.0400. The van der Waals surface area contributed by atoms with E-state index in [-0.39, 0.29) is 25.2 Å². The number of carbonyl (C=O) groups excluding carboxylic acids is 2. The number of Topliss-reactive ketones (excluding diaryl/α,β-unsaturated/α-hetero) is 1. The Bertz CT molecular complexity index is 1210. The number of alkyl halides is 3. The normalized spacial score (nSPS) is 12.1. The molecule has 3 aromatic rings. The fourth-order valence-corrected chi connectivity index (χ4v) is 3.74. The summed E-state index contributed by atoms with van der Waals surface area (Å²) in [7, 11) is 0. The lowest BCUT2D eigenvalue weighted by Crippen LogP contribution is -2.30. The average Bonchev–Trinajstić information content (AvgIpc) is 2.86. The third-order valence-corrected chi connectivity index (χ3v) is 5.66. The van der Waals surface area contributed by atoms with E-state index in [1.54, 1.807) is 24.3 Å². The van der Waals surface area contributed by atoms with Gasteiger partial charge in [0.2, 0.25) is 0 Å². The lowest BCUT2D eigenvalue weighted by atomic mass is 9.96. The number of ether oxygens (including phenoxy) is 2. The van der Waals surface area contributed by atoms with E-state index in [1.807, 2.05) is 6.92 Å². The number of hydrogen-bond donors (Lipinski definition) is 1. The average molecular weight is 536 g/mol. The second kappa shape index (κ2) is 13.0. The number of carbonyl (C=O) groups is 2. The lowest BCUT2D eigenvalue weighted by molar-refractivity contribution is -0.274. The van der Waals surface area contributed by atoms with Gasteiger partial charge in [0.05, 0.1) is 18.2 Å². The van der Waals surface area contributed by atoms with Gasteiger partial charge in [-0.1, -0.05) is 55.8 Å². The van der Waals surface area contributed by atoms with Crippen LogP contribution in [-0.2, 0) is 4.74 Å². The van der Waals surface area contributed by atoms with Gasteiger partial charge in [0.25, 0.3) is 0 Å². The van der Waals surface area contributed by atoms with Crippen molar-refractivity contribution < 1.29 is 41.0 Å². The third kappa shape index (κ3) is 8.29. The molecule has 0 aliphatic rings. The van der Waals surface area contributed by atoms with Crippen LogP contribution in [0.25, 0.3) is 11.1 Å². The van der Waals surface area contributed by atoms with Gasteiger partial charge >= 0.3 is 12.5 Å². The van der Waals surface area contributed by atoms with Gasteiger partial charge in [-0.25, -0.2) is 13.6 Å². The fraction of sp³-hybridized carbons (Fsp3) is 0.286. The predicted octanol–water partition coefficient (Wildman–Crippen LogP) is 7.76. The molecule has 1 atom stereocenters. The highest BCUT2D eigenvalue weighted by atomic mass is 19.4. The second-order valence-corrected chi connectivity index (χ2v) is 8.44. The first-order valence-electron chi connectivity index (χ1n) is 11.9. The quantitative estimate of drug-likeness (QED) is 0.155. The molecule has 0 fully saturated rings. The predicted molar refractivity (Wildman–Crippen MR) is 131 cm³/mol. The molecule has 3 aromatic carbocycles. The van der Waals surface area contributed by atoms with Crippen molar-refractivity contribution in [2.45, 2.75) is 45.0 Å². The van der Waals surface area contributed by atoms with Crippen molar-refractivity contribution in [1.29, 1.82) is 0 Å². The van der Waals surface area contributed by atoms with Crippen LogP contribution in [-0.4, -0.2) is 24.8 Å². The number of ketones is 1. The standard InChI is InChI=1S/C28H26F5NO4/c1-2-3-17-37-27(36)34-24(15-16-25(35)26-22(29)5-4-6-23(26)30)20-9-7-18(8-10-20)19-11-13-21(14-12-19)38-28(31,32)33/h4-14,24H,2-3,15-17H2,1H3,(H,34,36). The number of rotatable bonds is 11. The highest BCUT2D eigenvalue weighted by Gasteiger charge is 2.31. The minimum Gasteiger partial charge on any atom is -0.450 e. The van der Waals surface area contributed by atoms with Crippen molar-refractivity contribution in [1.82, 2.24) is 5.32 Å². The summed E-state index contributed by atoms with van der Waals surface area (Å²) < 4.78 is 74.3. The molecular weight excluding hydrogens is 509 g/mol. The zero-order chi connectivity index (χ0) is 27.7. The summed E-state index contributed by atoms with van der Waals surface area (Å²) in [6, 6.07) is 14.5. The molecule has 3 rings (SSSR count). The van der Waals surface area contributed by atoms with Crippen LogP contribution in [0.4, 0.5) is 26.7 Å². The SMILES string of the molecule is CCCCOC(=O)NC(CCC(=O)c1c(F)cccc1F)c1ccc(-c2ccc(OC(F)(F)F)cc2)cc1. The Balaban J connectivity index is 1.76. The van der Waals surface area contributed by atoms with E-state index >= 15 is 0 Å². The van der Waals surface area contributed by atoms with Crippen LogP contribution < -0.4 is 10.1 Å². The maximum Gasteiger partial charge on any atom is 0.573 e. The Morgan fingerprint density at radius 3 is 2.03 bits per heavy atom. The van der Waals surface area contributed by atoms with Gasteiger partial charge in [-0.2, -0.15) is 0 Å². The van der Waals surface area contributed by atoms with Crippen molar-refractivity contribution in [3.05, 3.63) is 89.5 Å². The first-order valence-corrected chi connectivity index (χ1v) is 11.9. The summed E-state index contributed by atoms with van der Waals surface area (Å²) in [4.78, 5) is 24.9. The smallest absolute Gasteiger partial charge is 0.450 e. The number of unbranched alkanes of at least 4 members (excludes halogenated alkanes) is 1. The molecule has 1 N–H and O–H groups in total. The minimum atomic E-state index is -4.79. The summed E-state index contributed by atoms with van der Waals surface area (Å²) in [5.41, 5.74) is 1.27. The van der Waals surface area contributed by atoms with Crippen LogP contribution in [0.15, 0.2) is 66.7 Å². The third-order valence-electron chi connectivity index (χ3n) is 5.66. The molecule has 1 unspecified atom stereocenters. The topological polar surface area (TPSA) is 64.6 Å². The van der Waals surface area contributed by atoms with E-state index in [2.05, 4.69) is 10.1 Å². The van der Waals surface area contributed by atoms with E-state index in [9.17, 15) is 31.5 Å². The Morgan fingerprint density at radius 2 is 1.47 bits per heavy atom. The summed E-state index contributed by atoms with van der Waals surface area (Å²) in [5.74, 6) is -3.02. The van der Waals surface area contributed by atoms with Crippen LogP contribution in [0.2, 0.25) is 0 Å². The van der Waals surface area contributed by atoms with E-state index in [0.29, 0.717) is 23.1 Å². The maximum atomic E-state index is 14.0. The van der Waals surface area contributed by atoms with Crippen LogP contribution in [0.3, 0.4) is 0 Å². The van der Waals surface area contributed by atoms with Gasteiger partial charge in [0, 0.05) is 6.42 Å². The molecule has 10 heteroatoms. The molecule has 1 amide bonds. The lowest BCUT2D eigenvalue weighted by Gasteiger charge is -2.19. The highest BCUT2D eigenvalue weighted by molar-refractivity contribution is 5.96. The van der Waals surface area contributed by atoms with Crippen molar-refractivity contribution in [2.75, 3.05) is 6.61 Å². The Kier molecular flexibility index (Phi) is 9.81. The molecule has 202 valence electrons. The molecule has 0 spiro atoms. The first-order chi connectivity index (χ1) is 18.1. The van der Waals surface area contributed by atoms with Crippen molar-refractivity contribution in [2.24, 2.45) is 0 Å². The Morgan fingerprint density at radius 1 is 0.895 bits per heavy atom. The Hall–Kier alpha value is -3.95. The van der Waals surface area contributed by atoms with Gasteiger partial charge in [-0.05, 0) is 53.8 Å². The first kappa shape index (κ1) is 28.6. The van der Waals surface area contributed by atoms with Gasteiger partial charge < -0.3 is 14.8 Å². The summed E-state index contributed by atoms with van der Waals surface area (Å²) >= 11 is 0. The van der Waals surface area contributed by atoms with Crippen molar-refractivity contribution in [3.8, 4) is 16.9 Å². The van der Waals surface area contributed by atoms with Crippen LogP contribution in [0, 0.1) is 11.6 Å². The van der Waals surface area contributed by atoms with Crippen LogP contribution >= 0.6 is 0 Å². The second-order valence-electron chi connectivity index (χ2n) is 8.44. The number of alkyl carbamates (subject to hydrolysis) is 1. The van der Waals surface area contributed by atoms with E-state index in [1.165, 1.54) is 24.3 Å². The monoisotopic (exact) mass is 535 g/mol. The van der Waals surface area contributed by atoms with Gasteiger partial charge in [-0.3, -0.25) is 4.79 Å². The number of hydrogen-bond acceptors (Lipinski definition) is 4. The highest BCUT2D eigenvalue weighted by Crippen LogP contribution is 2.29. The van der Waals surface area contributed by atoms with Crippen LogP contribution in [0.1, 0.15) is 54.6 Å². The molecule has 0 saturated heterocycles. The molecular formula is C28H26F5NO4. The molecule has 0 aliphatic heterocycles. The van der Waals surface area contributed by atoms with Crippen LogP contribution in [0.5, 0.6) is 5.75 Å². The number of benzene rings is 3. The summed E-state index contributed by atoms with van der Waals surface area (Å²) in [5, 5.41) is 2.69. The zero-order valence-electron chi connectivity index (χ0n) is 20.5. The van der Waals surface area contributed by atoms with Gasteiger partial charge in [0.15, 0.2) is 5.78 Å². The van der Waals surface area contributed by atoms with E-state index < -0.39 is 41.5 Å². The maximum absolute atomic E-state index is 14.0. The van der Waals surface area contributed by atoms with Crippen molar-refractivity contribution >= 4 is 11.9 Å². The summed E-state index contributed by atoms with van der Waals surface area (Å²) in [6.45, 7) is 2.15. The van der Waals surface area contributed by atoms with Gasteiger partial charge in [-0.15, -0.1) is 13.2 Å². The van der Waals surface area contributed by atoms with E-state index in [0.717, 1.165) is 24.6 Å². The van der Waals surface area contributed by atoms with Gasteiger partial charge in [0.1, 0.15) is 17.4 Å². The van der Waals surface area contributed by atoms with E-state index in [4.69, 9.17) is 4.74 Å². The zero-order valence-corrected chi connectivity index (χ0v) is 20.5. The summed E-state index contributed by atoms with van der Waals surface area (Å²) in [6.07, 6.45) is -4.20. The number of amides is 1. The number of halogens is 5. The Labute approximate surface area is 216 Å². The molecule has 0 saturated carbocycles.